The van der Waals surface area contributed by atoms with Crippen LogP contribution < -0.4 is 10.9 Å². The van der Waals surface area contributed by atoms with Crippen molar-refractivity contribution in [2.45, 2.75) is 12.7 Å². The largest absolute Gasteiger partial charge is 0.416 e. The van der Waals surface area contributed by atoms with Crippen molar-refractivity contribution in [2.75, 3.05) is 0 Å². The van der Waals surface area contributed by atoms with Crippen molar-refractivity contribution in [1.82, 2.24) is 31.1 Å². The zero-order valence-electron chi connectivity index (χ0n) is 14.1. The van der Waals surface area contributed by atoms with Crippen LogP contribution in [-0.2, 0) is 17.5 Å². The number of carbonyl (C=O) groups is 2. The van der Waals surface area contributed by atoms with Crippen molar-refractivity contribution in [3.8, 4) is 11.4 Å². The molecule has 0 saturated heterocycles. The lowest BCUT2D eigenvalue weighted by molar-refractivity contribution is -0.137. The quantitative estimate of drug-likeness (QED) is 0.662. The summed E-state index contributed by atoms with van der Waals surface area (Å²) in [5.41, 5.74) is 3.63. The predicted octanol–water partition coefficient (Wildman–Crippen LogP) is 1.82. The van der Waals surface area contributed by atoms with E-state index < -0.39 is 23.6 Å². The maximum Gasteiger partial charge on any atom is 0.416 e. The number of benzene rings is 2. The minimum atomic E-state index is -4.57. The Morgan fingerprint density at radius 1 is 1.00 bits per heavy atom. The van der Waals surface area contributed by atoms with E-state index in [-0.39, 0.29) is 12.1 Å². The van der Waals surface area contributed by atoms with Crippen molar-refractivity contribution < 1.29 is 22.8 Å². The number of amides is 2. The van der Waals surface area contributed by atoms with Crippen LogP contribution in [0.5, 0.6) is 0 Å². The third-order valence-corrected chi connectivity index (χ3v) is 3.54. The van der Waals surface area contributed by atoms with Gasteiger partial charge in [-0.15, -0.1) is 10.2 Å². The molecular formula is C17H13F3N6O2. The second-order valence-corrected chi connectivity index (χ2v) is 5.59. The van der Waals surface area contributed by atoms with Gasteiger partial charge in [0.2, 0.25) is 5.82 Å². The van der Waals surface area contributed by atoms with E-state index in [0.717, 1.165) is 16.9 Å². The van der Waals surface area contributed by atoms with E-state index in [1.54, 1.807) is 24.3 Å². The molecular weight excluding hydrogens is 377 g/mol. The van der Waals surface area contributed by atoms with Crippen LogP contribution in [0.3, 0.4) is 0 Å². The van der Waals surface area contributed by atoms with E-state index in [1.807, 2.05) is 11.5 Å². The molecule has 0 radical (unpaired) electrons. The Balaban J connectivity index is 1.56. The second kappa shape index (κ2) is 7.86. The number of hydrogen-bond donors (Lipinski definition) is 2. The molecule has 3 rings (SSSR count). The summed E-state index contributed by atoms with van der Waals surface area (Å²) in [6.07, 6.45) is -4.57. The monoisotopic (exact) mass is 390 g/mol. The van der Waals surface area contributed by atoms with Gasteiger partial charge in [-0.25, -0.2) is 0 Å². The highest BCUT2D eigenvalue weighted by atomic mass is 19.4. The predicted molar refractivity (Wildman–Crippen MR) is 90.3 cm³/mol. The van der Waals surface area contributed by atoms with Crippen LogP contribution in [0, 0.1) is 0 Å². The van der Waals surface area contributed by atoms with E-state index >= 15 is 0 Å². The van der Waals surface area contributed by atoms with Gasteiger partial charge in [0.05, 0.1) is 5.56 Å². The smallest absolute Gasteiger partial charge is 0.271 e. The number of rotatable bonds is 4. The summed E-state index contributed by atoms with van der Waals surface area (Å²) in [4.78, 5) is 24.8. The van der Waals surface area contributed by atoms with E-state index in [1.165, 1.54) is 6.07 Å². The number of alkyl halides is 3. The van der Waals surface area contributed by atoms with E-state index in [9.17, 15) is 22.8 Å². The van der Waals surface area contributed by atoms with Crippen LogP contribution in [0.25, 0.3) is 11.4 Å². The van der Waals surface area contributed by atoms with Crippen LogP contribution in [0.2, 0.25) is 0 Å². The Bertz CT molecular complexity index is 988. The molecule has 28 heavy (non-hydrogen) atoms. The van der Waals surface area contributed by atoms with Gasteiger partial charge in [0, 0.05) is 11.1 Å². The Morgan fingerprint density at radius 3 is 2.46 bits per heavy atom. The topological polar surface area (TPSA) is 102 Å². The zero-order chi connectivity index (χ0) is 20.1. The number of hydrazine groups is 1. The number of tetrazole rings is 1. The molecule has 0 aliphatic heterocycles. The van der Waals surface area contributed by atoms with Crippen molar-refractivity contribution in [2.24, 2.45) is 0 Å². The van der Waals surface area contributed by atoms with Crippen LogP contribution in [0.15, 0.2) is 54.6 Å². The van der Waals surface area contributed by atoms with Crippen molar-refractivity contribution in [3.05, 3.63) is 65.7 Å². The minimum Gasteiger partial charge on any atom is -0.271 e. The van der Waals surface area contributed by atoms with Crippen molar-refractivity contribution in [1.29, 1.82) is 0 Å². The number of aromatic nitrogens is 4. The van der Waals surface area contributed by atoms with Gasteiger partial charge >= 0.3 is 6.18 Å². The van der Waals surface area contributed by atoms with Gasteiger partial charge in [0.1, 0.15) is 6.54 Å². The molecule has 0 saturated carbocycles. The summed E-state index contributed by atoms with van der Waals surface area (Å²) in [7, 11) is 0. The van der Waals surface area contributed by atoms with Gasteiger partial charge in [-0.05, 0) is 23.4 Å². The summed E-state index contributed by atoms with van der Waals surface area (Å²) >= 11 is 0. The third-order valence-electron chi connectivity index (χ3n) is 3.54. The molecule has 8 nitrogen and oxygen atoms in total. The maximum absolute atomic E-state index is 12.7. The second-order valence-electron chi connectivity index (χ2n) is 5.59. The molecule has 0 atom stereocenters. The van der Waals surface area contributed by atoms with E-state index in [0.29, 0.717) is 17.5 Å². The van der Waals surface area contributed by atoms with Gasteiger partial charge in [0.15, 0.2) is 0 Å². The molecule has 0 aliphatic carbocycles. The first-order chi connectivity index (χ1) is 13.3. The lowest BCUT2D eigenvalue weighted by atomic mass is 10.1. The Hall–Kier alpha value is -3.76. The molecule has 3 aromatic rings. The summed E-state index contributed by atoms with van der Waals surface area (Å²) < 4.78 is 38.1. The van der Waals surface area contributed by atoms with Crippen molar-refractivity contribution in [3.63, 3.8) is 0 Å². The molecule has 0 bridgehead atoms. The highest BCUT2D eigenvalue weighted by Crippen LogP contribution is 2.29. The highest BCUT2D eigenvalue weighted by Gasteiger charge is 2.30. The van der Waals surface area contributed by atoms with Crippen LogP contribution in [-0.4, -0.2) is 32.0 Å². The molecule has 1 aromatic heterocycles. The lowest BCUT2D eigenvalue weighted by Crippen LogP contribution is -2.43. The average Bonchev–Trinajstić information content (AvgIpc) is 3.14. The molecule has 2 N–H and O–H groups in total. The fraction of sp³-hybridized carbons (Fsp3) is 0.118. The minimum absolute atomic E-state index is 0.250. The third kappa shape index (κ3) is 4.69. The molecule has 0 fully saturated rings. The van der Waals surface area contributed by atoms with Gasteiger partial charge < -0.3 is 0 Å². The first-order valence-electron chi connectivity index (χ1n) is 7.92. The van der Waals surface area contributed by atoms with Crippen molar-refractivity contribution >= 4 is 11.8 Å². The molecule has 0 spiro atoms. The average molecular weight is 390 g/mol. The number of carbonyl (C=O) groups excluding carboxylic acids is 2. The molecule has 2 amide bonds. The summed E-state index contributed by atoms with van der Waals surface area (Å²) in [5, 5.41) is 11.6. The van der Waals surface area contributed by atoms with Crippen LogP contribution >= 0.6 is 0 Å². The highest BCUT2D eigenvalue weighted by molar-refractivity contribution is 5.95. The fourth-order valence-electron chi connectivity index (χ4n) is 2.22. The lowest BCUT2D eigenvalue weighted by Gasteiger charge is -2.10. The maximum atomic E-state index is 12.7. The Kier molecular flexibility index (Phi) is 5.34. The van der Waals surface area contributed by atoms with Crippen LogP contribution in [0.1, 0.15) is 15.9 Å². The molecule has 11 heteroatoms. The van der Waals surface area contributed by atoms with Gasteiger partial charge in [0.25, 0.3) is 11.8 Å². The molecule has 0 unspecified atom stereocenters. The summed E-state index contributed by atoms with van der Waals surface area (Å²) in [6.45, 7) is -0.345. The normalized spacial score (nSPS) is 11.1. The van der Waals surface area contributed by atoms with E-state index in [4.69, 9.17) is 0 Å². The Morgan fingerprint density at radius 2 is 1.75 bits per heavy atom. The summed E-state index contributed by atoms with van der Waals surface area (Å²) in [6, 6.07) is 12.8. The molecule has 1 heterocycles. The number of nitrogens with one attached hydrogen (secondary N) is 2. The molecule has 0 aliphatic rings. The Labute approximate surface area is 156 Å². The fourth-order valence-corrected chi connectivity index (χ4v) is 2.22. The molecule has 2 aromatic carbocycles. The summed E-state index contributed by atoms with van der Waals surface area (Å²) in [5.74, 6) is -1.25. The van der Waals surface area contributed by atoms with Gasteiger partial charge in [-0.2, -0.15) is 18.0 Å². The zero-order valence-corrected chi connectivity index (χ0v) is 14.1. The SMILES string of the molecule is O=C(Cn1nnc(-c2ccccc2)n1)NNC(=O)c1cccc(C(F)(F)F)c1. The number of hydrogen-bond acceptors (Lipinski definition) is 5. The number of nitrogens with zero attached hydrogens (tertiary/aromatic N) is 4. The van der Waals surface area contributed by atoms with Gasteiger partial charge in [-0.1, -0.05) is 36.4 Å². The standard InChI is InChI=1S/C17H13F3N6O2/c18-17(19,20)13-8-4-7-12(9-13)16(28)23-21-14(27)10-26-24-15(22-25-26)11-5-2-1-3-6-11/h1-9H,10H2,(H,21,27)(H,23,28). The van der Waals surface area contributed by atoms with Crippen LogP contribution in [0.4, 0.5) is 13.2 Å². The molecule has 144 valence electrons. The van der Waals surface area contributed by atoms with Gasteiger partial charge in [-0.3, -0.25) is 20.4 Å². The van der Waals surface area contributed by atoms with E-state index in [2.05, 4.69) is 20.8 Å². The first kappa shape index (κ1) is 19.0. The first-order valence-corrected chi connectivity index (χ1v) is 7.92. The number of halogens is 3.